The van der Waals surface area contributed by atoms with Gasteiger partial charge in [0.1, 0.15) is 17.7 Å². The molecule has 3 fully saturated rings. The number of rotatable bonds is 9. The highest BCUT2D eigenvalue weighted by atomic mass is 35.5. The van der Waals surface area contributed by atoms with Crippen molar-refractivity contribution in [1.29, 1.82) is 0 Å². The number of carboxylic acid groups (broad SMARTS) is 1. The number of sulfonamides is 1. The fourth-order valence-corrected chi connectivity index (χ4v) is 9.04. The van der Waals surface area contributed by atoms with Crippen molar-refractivity contribution in [3.63, 3.8) is 0 Å². The molecule has 44 heavy (non-hydrogen) atoms. The van der Waals surface area contributed by atoms with E-state index in [0.29, 0.717) is 55.4 Å². The topological polar surface area (TPSA) is 128 Å². The lowest BCUT2D eigenvalue weighted by Crippen LogP contribution is -2.57. The maximum absolute atomic E-state index is 14.4. The van der Waals surface area contributed by atoms with Crippen LogP contribution in [-0.4, -0.2) is 72.8 Å². The van der Waals surface area contributed by atoms with Crippen LogP contribution in [0, 0.1) is 17.6 Å². The molecule has 1 aliphatic carbocycles. The number of fused-ring (bicyclic) bond motifs is 2. The number of carbonyl (C=O) groups is 2. The standard InChI is InChI=1S/C31H39ClF2N4O5S/c32-22-10-7-20(8-11-22)28(21-14-23(33)16-24(34)15-21)29(37-31(40)41)30(39)36-27-6-2-1-4-19(27)9-12-26-17-35-25-5-3-13-44(42,43)38(26)18-25/h7-8,10-11,14-16,19,25-29,35,37H,1-6,9,12-13,17-18H2,(H,36,39)(H,40,41)/t19-,25-,26+,27+,28+,29+/m1/s1. The van der Waals surface area contributed by atoms with E-state index in [-0.39, 0.29) is 35.4 Å². The van der Waals surface area contributed by atoms with Gasteiger partial charge in [-0.05, 0) is 79.8 Å². The van der Waals surface area contributed by atoms with Crippen LogP contribution in [0.25, 0.3) is 0 Å². The number of amides is 2. The maximum atomic E-state index is 14.4. The first-order chi connectivity index (χ1) is 21.0. The van der Waals surface area contributed by atoms with Crippen LogP contribution < -0.4 is 16.0 Å². The fraction of sp³-hybridized carbons (Fsp3) is 0.548. The third-order valence-electron chi connectivity index (χ3n) is 9.24. The Balaban J connectivity index is 1.36. The van der Waals surface area contributed by atoms with Gasteiger partial charge in [-0.3, -0.25) is 4.79 Å². The molecule has 2 heterocycles. The van der Waals surface area contributed by atoms with Crippen LogP contribution in [0.15, 0.2) is 42.5 Å². The van der Waals surface area contributed by atoms with Crippen molar-refractivity contribution in [2.75, 3.05) is 18.8 Å². The molecular formula is C31H39ClF2N4O5S. The lowest BCUT2D eigenvalue weighted by Gasteiger charge is -2.39. The summed E-state index contributed by atoms with van der Waals surface area (Å²) in [4.78, 5) is 25.9. The van der Waals surface area contributed by atoms with Gasteiger partial charge >= 0.3 is 6.09 Å². The van der Waals surface area contributed by atoms with E-state index in [0.717, 1.165) is 37.8 Å². The molecule has 2 aromatic carbocycles. The van der Waals surface area contributed by atoms with E-state index in [1.54, 1.807) is 28.6 Å². The summed E-state index contributed by atoms with van der Waals surface area (Å²) in [7, 11) is -3.32. The van der Waals surface area contributed by atoms with Gasteiger partial charge < -0.3 is 21.1 Å². The predicted octanol–water partition coefficient (Wildman–Crippen LogP) is 4.61. The van der Waals surface area contributed by atoms with Crippen LogP contribution in [0.2, 0.25) is 5.02 Å². The third kappa shape index (κ3) is 7.88. The molecule has 2 amide bonds. The quantitative estimate of drug-likeness (QED) is 0.313. The van der Waals surface area contributed by atoms with E-state index < -0.39 is 45.6 Å². The average molecular weight is 653 g/mol. The molecule has 1 saturated carbocycles. The van der Waals surface area contributed by atoms with Gasteiger partial charge in [0.25, 0.3) is 0 Å². The first kappa shape index (κ1) is 32.6. The molecule has 0 aromatic heterocycles. The molecule has 13 heteroatoms. The van der Waals surface area contributed by atoms with Crippen LogP contribution in [0.5, 0.6) is 0 Å². The molecule has 2 aromatic rings. The second kappa shape index (κ2) is 14.1. The highest BCUT2D eigenvalue weighted by Gasteiger charge is 2.40. The zero-order valence-corrected chi connectivity index (χ0v) is 25.9. The Morgan fingerprint density at radius 1 is 1.00 bits per heavy atom. The summed E-state index contributed by atoms with van der Waals surface area (Å²) in [5, 5.41) is 19.0. The molecule has 3 aliphatic rings. The monoisotopic (exact) mass is 652 g/mol. The predicted molar refractivity (Wildman–Crippen MR) is 163 cm³/mol. The van der Waals surface area contributed by atoms with Crippen molar-refractivity contribution in [2.24, 2.45) is 5.92 Å². The number of hydrogen-bond acceptors (Lipinski definition) is 5. The molecule has 1 unspecified atom stereocenters. The Bertz CT molecular complexity index is 1430. The zero-order valence-electron chi connectivity index (χ0n) is 24.4. The first-order valence-electron chi connectivity index (χ1n) is 15.2. The van der Waals surface area contributed by atoms with Crippen molar-refractivity contribution < 1.29 is 31.9 Å². The molecule has 2 bridgehead atoms. The van der Waals surface area contributed by atoms with E-state index in [2.05, 4.69) is 16.0 Å². The molecule has 2 aliphatic heterocycles. The highest BCUT2D eigenvalue weighted by molar-refractivity contribution is 7.89. The molecule has 2 saturated heterocycles. The van der Waals surface area contributed by atoms with Crippen molar-refractivity contribution in [2.45, 2.75) is 81.5 Å². The second-order valence-electron chi connectivity index (χ2n) is 12.2. The van der Waals surface area contributed by atoms with Crippen molar-refractivity contribution in [3.05, 3.63) is 70.2 Å². The summed E-state index contributed by atoms with van der Waals surface area (Å²) in [5.74, 6) is -3.14. The second-order valence-corrected chi connectivity index (χ2v) is 14.7. The maximum Gasteiger partial charge on any atom is 0.405 e. The van der Waals surface area contributed by atoms with Gasteiger partial charge in [-0.15, -0.1) is 0 Å². The van der Waals surface area contributed by atoms with Crippen LogP contribution in [0.4, 0.5) is 13.6 Å². The largest absolute Gasteiger partial charge is 0.465 e. The van der Waals surface area contributed by atoms with Crippen LogP contribution in [0.3, 0.4) is 0 Å². The number of nitrogens with one attached hydrogen (secondary N) is 3. The smallest absolute Gasteiger partial charge is 0.405 e. The Labute approximate surface area is 261 Å². The van der Waals surface area contributed by atoms with Crippen LogP contribution in [-0.2, 0) is 14.8 Å². The molecular weight excluding hydrogens is 614 g/mol. The first-order valence-corrected chi connectivity index (χ1v) is 17.2. The van der Waals surface area contributed by atoms with Gasteiger partial charge in [0.2, 0.25) is 15.9 Å². The molecule has 5 rings (SSSR count). The molecule has 240 valence electrons. The van der Waals surface area contributed by atoms with Crippen molar-refractivity contribution in [1.82, 2.24) is 20.3 Å². The average Bonchev–Trinajstić information content (AvgIpc) is 3.08. The normalized spacial score (nSPS) is 27.8. The number of piperazine rings is 1. The summed E-state index contributed by atoms with van der Waals surface area (Å²) in [6.07, 6.45) is 4.73. The molecule has 0 radical (unpaired) electrons. The molecule has 0 spiro atoms. The molecule has 7 atom stereocenters. The molecule has 9 nitrogen and oxygen atoms in total. The van der Waals surface area contributed by atoms with Crippen LogP contribution in [0.1, 0.15) is 68.4 Å². The summed E-state index contributed by atoms with van der Waals surface area (Å²) in [5.41, 5.74) is 0.552. The van der Waals surface area contributed by atoms with Gasteiger partial charge in [-0.25, -0.2) is 22.0 Å². The lowest BCUT2D eigenvalue weighted by molar-refractivity contribution is -0.124. The van der Waals surface area contributed by atoms with E-state index >= 15 is 0 Å². The Morgan fingerprint density at radius 3 is 2.41 bits per heavy atom. The lowest BCUT2D eigenvalue weighted by atomic mass is 9.80. The minimum atomic E-state index is -3.32. The molecule has 4 N–H and O–H groups in total. The van der Waals surface area contributed by atoms with Gasteiger partial charge in [-0.1, -0.05) is 36.6 Å². The van der Waals surface area contributed by atoms with Gasteiger partial charge in [0.05, 0.1) is 5.75 Å². The zero-order chi connectivity index (χ0) is 31.4. The minimum absolute atomic E-state index is 0.0613. The Morgan fingerprint density at radius 2 is 1.70 bits per heavy atom. The number of benzene rings is 2. The van der Waals surface area contributed by atoms with E-state index in [9.17, 15) is 31.9 Å². The van der Waals surface area contributed by atoms with Crippen LogP contribution >= 0.6 is 11.6 Å². The van der Waals surface area contributed by atoms with Crippen molar-refractivity contribution in [3.8, 4) is 0 Å². The van der Waals surface area contributed by atoms with Gasteiger partial charge in [0.15, 0.2) is 0 Å². The summed E-state index contributed by atoms with van der Waals surface area (Å²) < 4.78 is 56.3. The number of halogens is 3. The SMILES string of the molecule is O=C(O)N[C@H](C(=O)N[C@H]1CCCC[C@@H]1CC[C@H]1CN[C@@H]2CCCS(=O)(=O)N1C2)[C@@H](c1ccc(Cl)cc1)c1cc(F)cc(F)c1. The number of hydrogen-bond donors (Lipinski definition) is 4. The van der Waals surface area contributed by atoms with E-state index in [1.165, 1.54) is 0 Å². The third-order valence-corrected chi connectivity index (χ3v) is 11.5. The number of nitrogens with zero attached hydrogens (tertiary/aromatic N) is 1. The summed E-state index contributed by atoms with van der Waals surface area (Å²) in [6, 6.07) is 7.58. The summed E-state index contributed by atoms with van der Waals surface area (Å²) >= 11 is 6.07. The van der Waals surface area contributed by atoms with E-state index in [4.69, 9.17) is 11.6 Å². The highest BCUT2D eigenvalue weighted by Crippen LogP contribution is 2.34. The number of carbonyl (C=O) groups excluding carboxylic acids is 1. The Kier molecular flexibility index (Phi) is 10.4. The summed E-state index contributed by atoms with van der Waals surface area (Å²) in [6.45, 7) is 1.07. The van der Waals surface area contributed by atoms with E-state index in [1.807, 2.05) is 0 Å². The van der Waals surface area contributed by atoms with Gasteiger partial charge in [0, 0.05) is 48.2 Å². The fourth-order valence-electron chi connectivity index (χ4n) is 7.10. The van der Waals surface area contributed by atoms with Crippen molar-refractivity contribution >= 4 is 33.6 Å². The minimum Gasteiger partial charge on any atom is -0.465 e. The van der Waals surface area contributed by atoms with Gasteiger partial charge in [-0.2, -0.15) is 4.31 Å². The Hall–Kier alpha value is -2.80.